The first-order valence-corrected chi connectivity index (χ1v) is 28.1. The number of carbonyl (C=O) groups is 5. The van der Waals surface area contributed by atoms with Crippen LogP contribution >= 0.6 is 0 Å². The largest absolute Gasteiger partial charge is 0.417 e. The number of aromatic nitrogens is 2. The van der Waals surface area contributed by atoms with Gasteiger partial charge >= 0.3 is 6.18 Å². The first kappa shape index (κ1) is 57.4. The molecule has 76 heavy (non-hydrogen) atoms. The second-order valence-electron chi connectivity index (χ2n) is 22.2. The summed E-state index contributed by atoms with van der Waals surface area (Å²) in [7, 11) is 3.41. The number of nitrogens with zero attached hydrogens (tertiary/aromatic N) is 4. The van der Waals surface area contributed by atoms with Gasteiger partial charge in [0, 0.05) is 121 Å². The summed E-state index contributed by atoms with van der Waals surface area (Å²) in [5.41, 5.74) is 0.470. The van der Waals surface area contributed by atoms with Gasteiger partial charge in [-0.05, 0) is 120 Å². The van der Waals surface area contributed by atoms with E-state index in [1.165, 1.54) is 0 Å². The van der Waals surface area contributed by atoms with E-state index in [-0.39, 0.29) is 90.9 Å². The summed E-state index contributed by atoms with van der Waals surface area (Å²) in [6, 6.07) is 4.76. The van der Waals surface area contributed by atoms with Crippen molar-refractivity contribution in [1.82, 2.24) is 41.0 Å². The lowest BCUT2D eigenvalue weighted by Crippen LogP contribution is -2.51. The van der Waals surface area contributed by atoms with Crippen LogP contribution in [0.5, 0.6) is 0 Å². The molecule has 3 aliphatic carbocycles. The number of likely N-dealkylation sites (tertiary alicyclic amines) is 1. The van der Waals surface area contributed by atoms with Gasteiger partial charge in [0.15, 0.2) is 0 Å². The van der Waals surface area contributed by atoms with Crippen molar-refractivity contribution in [2.24, 2.45) is 17.3 Å². The molecule has 17 nitrogen and oxygen atoms in total. The first-order valence-electron chi connectivity index (χ1n) is 28.1. The number of unbranched alkanes of at least 4 members (excludes halogenated alkanes) is 2. The maximum atomic E-state index is 14.6. The highest BCUT2D eigenvalue weighted by atomic mass is 19.4. The quantitative estimate of drug-likeness (QED) is 0.0931. The van der Waals surface area contributed by atoms with E-state index >= 15 is 0 Å². The maximum Gasteiger partial charge on any atom is 0.417 e. The number of carbonyl (C=O) groups excluding carboxylic acids is 5. The fraction of sp³-hybridized carbons (Fsp3) is 0.732. The van der Waals surface area contributed by atoms with Gasteiger partial charge in [-0.2, -0.15) is 13.2 Å². The average Bonchev–Trinajstić information content (AvgIpc) is 3.99. The molecular weight excluding hydrogens is 986 g/mol. The van der Waals surface area contributed by atoms with Crippen LogP contribution in [0.2, 0.25) is 0 Å². The van der Waals surface area contributed by atoms with Crippen molar-refractivity contribution < 1.29 is 56.1 Å². The molecule has 6 aliphatic rings. The molecule has 6 atom stereocenters. The van der Waals surface area contributed by atoms with E-state index in [4.69, 9.17) is 18.9 Å². The number of methoxy groups -OCH3 is 1. The van der Waals surface area contributed by atoms with E-state index in [2.05, 4.69) is 31.2 Å². The van der Waals surface area contributed by atoms with Gasteiger partial charge in [-0.1, -0.05) is 18.9 Å². The molecule has 0 radical (unpaired) electrons. The Hall–Kier alpha value is -4.76. The minimum atomic E-state index is -4.51. The minimum absolute atomic E-state index is 0.00449. The highest BCUT2D eigenvalue weighted by Crippen LogP contribution is 2.46. The second kappa shape index (κ2) is 27.2. The summed E-state index contributed by atoms with van der Waals surface area (Å²) in [6.45, 7) is 3.50. The molecule has 0 bridgehead atoms. The van der Waals surface area contributed by atoms with Gasteiger partial charge in [-0.15, -0.1) is 0 Å². The number of hydrogen-bond acceptors (Lipinski definition) is 12. The number of rotatable bonds is 23. The number of hydrogen-bond donors (Lipinski definition) is 4. The number of ether oxygens (including phenoxy) is 4. The Morgan fingerprint density at radius 1 is 0.882 bits per heavy atom. The number of amides is 5. The molecule has 2 aromatic heterocycles. The standard InChI is InChI=1S/C56H81F3N8O9/c1-66-50(69)31-45(51(66)38-8-6-23-60-33-38)53(71)62-25-29-76-44-16-14-43(15-17-44)75-27-7-9-49(68)65-41-12-10-37(11-13-41)52(70)61-24-5-3-4-21-55(22-18-42(32-55)64-47-20-28-74-36-48(47)73-2)54(72)67-26-19-46-39(35-67)30-40(34-63-46)56(57,58)59/h6,8,23,30,33-34,37,41-45,47-48,51,64H,3-5,7,9-22,24-29,31-32,35-36H2,1-2H3,(H,61,70)(H,62,71)(H,65,68)/t37?,41?,42-,43?,44?,45+,47+,48-,51-,55+/m1/s1. The van der Waals surface area contributed by atoms with E-state index in [1.807, 2.05) is 12.1 Å². The molecule has 5 heterocycles. The Morgan fingerprint density at radius 2 is 1.64 bits per heavy atom. The van der Waals surface area contributed by atoms with Crippen molar-refractivity contribution in [3.05, 3.63) is 59.2 Å². The third-order valence-electron chi connectivity index (χ3n) is 17.1. The van der Waals surface area contributed by atoms with Crippen molar-refractivity contribution in [3.63, 3.8) is 0 Å². The molecule has 20 heteroatoms. The normalized spacial score (nSPS) is 29.0. The summed E-state index contributed by atoms with van der Waals surface area (Å²) in [5.74, 6) is -0.739. The Kier molecular flexibility index (Phi) is 20.6. The zero-order valence-corrected chi connectivity index (χ0v) is 44.6. The Balaban J connectivity index is 0.672. The minimum Gasteiger partial charge on any atom is -0.379 e. The first-order chi connectivity index (χ1) is 36.7. The van der Waals surface area contributed by atoms with E-state index in [1.54, 1.807) is 36.4 Å². The topological polar surface area (TPSA) is 203 Å². The molecule has 2 aromatic rings. The summed E-state index contributed by atoms with van der Waals surface area (Å²) in [6.07, 6.45) is 13.9. The van der Waals surface area contributed by atoms with Crippen LogP contribution < -0.4 is 21.3 Å². The Morgan fingerprint density at radius 3 is 2.38 bits per heavy atom. The number of halogens is 3. The number of fused-ring (bicyclic) bond motifs is 1. The fourth-order valence-corrected chi connectivity index (χ4v) is 12.7. The van der Waals surface area contributed by atoms with Gasteiger partial charge in [0.25, 0.3) is 0 Å². The van der Waals surface area contributed by atoms with Gasteiger partial charge < -0.3 is 50.0 Å². The predicted molar refractivity (Wildman–Crippen MR) is 275 cm³/mol. The van der Waals surface area contributed by atoms with Crippen molar-refractivity contribution in [2.45, 2.75) is 184 Å². The summed E-state index contributed by atoms with van der Waals surface area (Å²) in [4.78, 5) is 77.8. The van der Waals surface area contributed by atoms with Crippen LogP contribution in [0.4, 0.5) is 13.2 Å². The zero-order valence-electron chi connectivity index (χ0n) is 44.6. The summed E-state index contributed by atoms with van der Waals surface area (Å²) in [5, 5.41) is 13.0. The number of nitrogens with one attached hydrogen (secondary N) is 4. The molecule has 0 spiro atoms. The highest BCUT2D eigenvalue weighted by Gasteiger charge is 2.48. The van der Waals surface area contributed by atoms with Crippen molar-refractivity contribution in [2.75, 3.05) is 60.2 Å². The lowest BCUT2D eigenvalue weighted by Gasteiger charge is -2.38. The number of pyridine rings is 2. The highest BCUT2D eigenvalue weighted by molar-refractivity contribution is 5.90. The van der Waals surface area contributed by atoms with Crippen LogP contribution in [0.3, 0.4) is 0 Å². The SMILES string of the molecule is CO[C@@H]1COCC[C@@H]1N[C@@H]1CC[C@](CCCCCNC(=O)C2CCC(NC(=O)CCCOC3CCC(OCCNC(=O)[C@H]4CC(=O)N(C)[C@@H]4c4cccnc4)CC3)CC2)(C(=O)N2CCc3ncc(C(F)(F)F)cc3C2)C1. The fourth-order valence-electron chi connectivity index (χ4n) is 12.7. The van der Waals surface area contributed by atoms with Gasteiger partial charge in [-0.25, -0.2) is 0 Å². The summed E-state index contributed by atoms with van der Waals surface area (Å²) >= 11 is 0. The third-order valence-corrected chi connectivity index (χ3v) is 17.1. The molecule has 0 unspecified atom stereocenters. The van der Waals surface area contributed by atoms with E-state index in [9.17, 15) is 37.1 Å². The monoisotopic (exact) mass is 1070 g/mol. The lowest BCUT2D eigenvalue weighted by atomic mass is 9.78. The van der Waals surface area contributed by atoms with Crippen LogP contribution in [-0.4, -0.2) is 146 Å². The second-order valence-corrected chi connectivity index (χ2v) is 22.2. The van der Waals surface area contributed by atoms with Crippen molar-refractivity contribution in [3.8, 4) is 0 Å². The van der Waals surface area contributed by atoms with E-state index < -0.39 is 23.1 Å². The number of alkyl halides is 3. The van der Waals surface area contributed by atoms with Gasteiger partial charge in [-0.3, -0.25) is 33.9 Å². The Bertz CT molecular complexity index is 2250. The summed E-state index contributed by atoms with van der Waals surface area (Å²) < 4.78 is 64.4. The van der Waals surface area contributed by atoms with Crippen LogP contribution in [-0.2, 0) is 62.1 Å². The van der Waals surface area contributed by atoms with E-state index in [0.717, 1.165) is 88.5 Å². The zero-order chi connectivity index (χ0) is 53.7. The molecule has 3 saturated carbocycles. The Labute approximate surface area is 445 Å². The molecule has 3 aliphatic heterocycles. The molecule has 5 amide bonds. The lowest BCUT2D eigenvalue weighted by molar-refractivity contribution is -0.143. The molecular formula is C56H81F3N8O9. The van der Waals surface area contributed by atoms with Crippen molar-refractivity contribution >= 4 is 29.5 Å². The van der Waals surface area contributed by atoms with Crippen molar-refractivity contribution in [1.29, 1.82) is 0 Å². The van der Waals surface area contributed by atoms with Crippen LogP contribution in [0.1, 0.15) is 150 Å². The molecule has 8 rings (SSSR count). The van der Waals surface area contributed by atoms with Gasteiger partial charge in [0.1, 0.15) is 0 Å². The third kappa shape index (κ3) is 15.3. The van der Waals surface area contributed by atoms with Crippen LogP contribution in [0.15, 0.2) is 36.8 Å². The molecule has 420 valence electrons. The molecule has 0 aromatic carbocycles. The molecule has 5 fully saturated rings. The smallest absolute Gasteiger partial charge is 0.379 e. The van der Waals surface area contributed by atoms with E-state index in [0.29, 0.717) is 109 Å². The average molecular weight is 1070 g/mol. The van der Waals surface area contributed by atoms with Gasteiger partial charge in [0.2, 0.25) is 29.5 Å². The van der Waals surface area contributed by atoms with Crippen LogP contribution in [0.25, 0.3) is 0 Å². The van der Waals surface area contributed by atoms with Gasteiger partial charge in [0.05, 0.1) is 54.5 Å². The molecule has 2 saturated heterocycles. The maximum absolute atomic E-state index is 14.6. The molecule has 4 N–H and O–H groups in total. The van der Waals surface area contributed by atoms with Crippen LogP contribution in [0, 0.1) is 17.3 Å². The predicted octanol–water partition coefficient (Wildman–Crippen LogP) is 6.12.